The Hall–Kier alpha value is -2.38. The van der Waals surface area contributed by atoms with Gasteiger partial charge in [0.1, 0.15) is 5.75 Å². The molecule has 0 aliphatic rings. The third kappa shape index (κ3) is 3.74. The lowest BCUT2D eigenvalue weighted by Crippen LogP contribution is -2.21. The van der Waals surface area contributed by atoms with Crippen molar-refractivity contribution in [1.29, 1.82) is 0 Å². The van der Waals surface area contributed by atoms with E-state index in [0.29, 0.717) is 17.0 Å². The Kier molecular flexibility index (Phi) is 5.26. The fourth-order valence-corrected chi connectivity index (χ4v) is 3.32. The molecular weight excluding hydrogens is 328 g/mol. The quantitative estimate of drug-likeness (QED) is 0.869. The van der Waals surface area contributed by atoms with Gasteiger partial charge in [-0.1, -0.05) is 6.07 Å². The van der Waals surface area contributed by atoms with Crippen molar-refractivity contribution in [3.8, 4) is 5.75 Å². The fourth-order valence-electron chi connectivity index (χ4n) is 2.25. The second-order valence-corrected chi connectivity index (χ2v) is 7.16. The maximum Gasteiger partial charge on any atom is 0.255 e. The number of methoxy groups -OCH3 is 1. The first kappa shape index (κ1) is 18.0. The van der Waals surface area contributed by atoms with Crippen molar-refractivity contribution in [2.75, 3.05) is 19.5 Å². The molecule has 0 spiro atoms. The van der Waals surface area contributed by atoms with Gasteiger partial charge in [-0.3, -0.25) is 4.79 Å². The van der Waals surface area contributed by atoms with Crippen LogP contribution in [-0.4, -0.2) is 28.5 Å². The molecule has 0 bridgehead atoms. The Labute approximate surface area is 141 Å². The van der Waals surface area contributed by atoms with Gasteiger partial charge in [-0.15, -0.1) is 0 Å². The summed E-state index contributed by atoms with van der Waals surface area (Å²) in [6.07, 6.45) is 0. The van der Waals surface area contributed by atoms with Gasteiger partial charge in [0.25, 0.3) is 5.91 Å². The van der Waals surface area contributed by atoms with E-state index in [9.17, 15) is 13.2 Å². The van der Waals surface area contributed by atoms with E-state index in [0.717, 1.165) is 5.56 Å². The van der Waals surface area contributed by atoms with Crippen LogP contribution in [0.4, 0.5) is 5.69 Å². The molecule has 0 saturated heterocycles. The zero-order valence-electron chi connectivity index (χ0n) is 14.0. The van der Waals surface area contributed by atoms with E-state index in [4.69, 9.17) is 4.74 Å². The lowest BCUT2D eigenvalue weighted by molar-refractivity contribution is 0.102. The highest BCUT2D eigenvalue weighted by molar-refractivity contribution is 7.89. The molecular formula is C17H20N2O4S. The average Bonchev–Trinajstić information content (AvgIpc) is 2.57. The van der Waals surface area contributed by atoms with Gasteiger partial charge in [-0.25, -0.2) is 13.1 Å². The minimum absolute atomic E-state index is 0.0980. The Balaban J connectivity index is 2.39. The molecule has 0 fully saturated rings. The summed E-state index contributed by atoms with van der Waals surface area (Å²) in [6.45, 7) is 3.48. The number of rotatable bonds is 5. The summed E-state index contributed by atoms with van der Waals surface area (Å²) in [5.74, 6) is 0.227. The number of carbonyl (C=O) groups is 1. The van der Waals surface area contributed by atoms with Crippen molar-refractivity contribution in [2.45, 2.75) is 18.7 Å². The largest absolute Gasteiger partial charge is 0.497 e. The molecule has 2 aromatic rings. The summed E-state index contributed by atoms with van der Waals surface area (Å²) >= 11 is 0. The number of sulfonamides is 1. The Morgan fingerprint density at radius 3 is 2.46 bits per heavy atom. The number of amides is 1. The van der Waals surface area contributed by atoms with Crippen LogP contribution in [0.3, 0.4) is 0 Å². The van der Waals surface area contributed by atoms with E-state index in [2.05, 4.69) is 10.0 Å². The topological polar surface area (TPSA) is 84.5 Å². The van der Waals surface area contributed by atoms with Gasteiger partial charge < -0.3 is 10.1 Å². The molecule has 0 saturated carbocycles. The van der Waals surface area contributed by atoms with Gasteiger partial charge in [0.15, 0.2) is 0 Å². The molecule has 0 aliphatic heterocycles. The number of hydrogen-bond donors (Lipinski definition) is 2. The van der Waals surface area contributed by atoms with Crippen LogP contribution < -0.4 is 14.8 Å². The lowest BCUT2D eigenvalue weighted by atomic mass is 10.1. The molecule has 2 aromatic carbocycles. The molecule has 7 heteroatoms. The maximum atomic E-state index is 12.5. The van der Waals surface area contributed by atoms with Crippen LogP contribution in [0.5, 0.6) is 5.75 Å². The molecule has 0 heterocycles. The third-order valence-electron chi connectivity index (χ3n) is 3.77. The number of hydrogen-bond acceptors (Lipinski definition) is 4. The van der Waals surface area contributed by atoms with Crippen LogP contribution in [0.2, 0.25) is 0 Å². The first-order valence-electron chi connectivity index (χ1n) is 7.28. The molecule has 2 rings (SSSR count). The molecule has 1 amide bonds. The van der Waals surface area contributed by atoms with Gasteiger partial charge >= 0.3 is 0 Å². The second-order valence-electron chi connectivity index (χ2n) is 5.31. The SMILES string of the molecule is CNS(=O)(=O)c1cc(C(=O)Nc2cccc(OC)c2)cc(C)c1C. The van der Waals surface area contributed by atoms with E-state index >= 15 is 0 Å². The van der Waals surface area contributed by atoms with Crippen molar-refractivity contribution in [2.24, 2.45) is 0 Å². The molecule has 0 aliphatic carbocycles. The zero-order chi connectivity index (χ0) is 17.9. The maximum absolute atomic E-state index is 12.5. The van der Waals surface area contributed by atoms with E-state index < -0.39 is 10.0 Å². The van der Waals surface area contributed by atoms with Crippen LogP contribution in [0, 0.1) is 13.8 Å². The number of aryl methyl sites for hydroxylation is 1. The van der Waals surface area contributed by atoms with Crippen molar-refractivity contribution < 1.29 is 17.9 Å². The lowest BCUT2D eigenvalue weighted by Gasteiger charge is -2.13. The smallest absolute Gasteiger partial charge is 0.255 e. The number of anilines is 1. The summed E-state index contributed by atoms with van der Waals surface area (Å²) in [5.41, 5.74) is 2.18. The van der Waals surface area contributed by atoms with E-state index in [1.807, 2.05) is 0 Å². The van der Waals surface area contributed by atoms with Crippen molar-refractivity contribution in [1.82, 2.24) is 4.72 Å². The van der Waals surface area contributed by atoms with Gasteiger partial charge in [0, 0.05) is 17.3 Å². The molecule has 0 aromatic heterocycles. The van der Waals surface area contributed by atoms with E-state index in [1.165, 1.54) is 13.1 Å². The highest BCUT2D eigenvalue weighted by Gasteiger charge is 2.19. The standard InChI is InChI=1S/C17H20N2O4S/c1-11-8-13(9-16(12(11)2)24(21,22)18-3)17(20)19-14-6-5-7-15(10-14)23-4/h5-10,18H,1-4H3,(H,19,20). The number of ether oxygens (including phenoxy) is 1. The van der Waals surface area contributed by atoms with Crippen LogP contribution in [0.1, 0.15) is 21.5 Å². The van der Waals surface area contributed by atoms with Gasteiger partial charge in [-0.05, 0) is 56.3 Å². The second kappa shape index (κ2) is 7.02. The molecule has 2 N–H and O–H groups in total. The van der Waals surface area contributed by atoms with Gasteiger partial charge in [0.05, 0.1) is 12.0 Å². The Morgan fingerprint density at radius 2 is 1.83 bits per heavy atom. The zero-order valence-corrected chi connectivity index (χ0v) is 14.8. The van der Waals surface area contributed by atoms with E-state index in [-0.39, 0.29) is 16.4 Å². The first-order chi connectivity index (χ1) is 11.3. The molecule has 0 atom stereocenters. The molecule has 0 radical (unpaired) electrons. The molecule has 128 valence electrons. The van der Waals surface area contributed by atoms with E-state index in [1.54, 1.807) is 51.3 Å². The average molecular weight is 348 g/mol. The Bertz CT molecular complexity index is 876. The summed E-state index contributed by atoms with van der Waals surface area (Å²) in [4.78, 5) is 12.6. The van der Waals surface area contributed by atoms with Crippen LogP contribution in [0.25, 0.3) is 0 Å². The predicted molar refractivity (Wildman–Crippen MR) is 93.1 cm³/mol. The molecule has 0 unspecified atom stereocenters. The summed E-state index contributed by atoms with van der Waals surface area (Å²) in [6, 6.07) is 9.98. The number of nitrogens with one attached hydrogen (secondary N) is 2. The monoisotopic (exact) mass is 348 g/mol. The molecule has 6 nitrogen and oxygen atoms in total. The van der Waals surface area contributed by atoms with Crippen molar-refractivity contribution >= 4 is 21.6 Å². The summed E-state index contributed by atoms with van der Waals surface area (Å²) in [7, 11) is -0.760. The van der Waals surface area contributed by atoms with Crippen LogP contribution in [-0.2, 0) is 10.0 Å². The fraction of sp³-hybridized carbons (Fsp3) is 0.235. The van der Waals surface area contributed by atoms with Crippen molar-refractivity contribution in [3.63, 3.8) is 0 Å². The summed E-state index contributed by atoms with van der Waals surface area (Å²) < 4.78 is 31.7. The Morgan fingerprint density at radius 1 is 1.12 bits per heavy atom. The highest BCUT2D eigenvalue weighted by Crippen LogP contribution is 2.22. The molecule has 24 heavy (non-hydrogen) atoms. The summed E-state index contributed by atoms with van der Waals surface area (Å²) in [5, 5.41) is 2.74. The van der Waals surface area contributed by atoms with Gasteiger partial charge in [-0.2, -0.15) is 0 Å². The minimum atomic E-state index is -3.64. The third-order valence-corrected chi connectivity index (χ3v) is 5.31. The number of benzene rings is 2. The van der Waals surface area contributed by atoms with Crippen molar-refractivity contribution in [3.05, 3.63) is 53.1 Å². The van der Waals surface area contributed by atoms with Crippen LogP contribution >= 0.6 is 0 Å². The highest BCUT2D eigenvalue weighted by atomic mass is 32.2. The predicted octanol–water partition coefficient (Wildman–Crippen LogP) is 2.47. The number of carbonyl (C=O) groups excluding carboxylic acids is 1. The minimum Gasteiger partial charge on any atom is -0.497 e. The van der Waals surface area contributed by atoms with Crippen LogP contribution in [0.15, 0.2) is 41.3 Å². The van der Waals surface area contributed by atoms with Gasteiger partial charge in [0.2, 0.25) is 10.0 Å². The normalized spacial score (nSPS) is 11.2. The first-order valence-corrected chi connectivity index (χ1v) is 8.77.